The Morgan fingerprint density at radius 2 is 2.11 bits per heavy atom. The van der Waals surface area contributed by atoms with Crippen LogP contribution in [0.25, 0.3) is 0 Å². The van der Waals surface area contributed by atoms with Crippen LogP contribution in [-0.2, 0) is 6.42 Å². The van der Waals surface area contributed by atoms with Crippen molar-refractivity contribution in [3.8, 4) is 0 Å². The summed E-state index contributed by atoms with van der Waals surface area (Å²) in [4.78, 5) is 8.43. The molecule has 0 aliphatic heterocycles. The van der Waals surface area contributed by atoms with Gasteiger partial charge in [0.25, 0.3) is 0 Å². The molecule has 1 aromatic carbocycles. The third-order valence-corrected chi connectivity index (χ3v) is 3.29. The van der Waals surface area contributed by atoms with Crippen molar-refractivity contribution < 1.29 is 0 Å². The second kappa shape index (κ2) is 5.96. The van der Waals surface area contributed by atoms with Gasteiger partial charge < -0.3 is 5.32 Å². The number of benzene rings is 1. The summed E-state index contributed by atoms with van der Waals surface area (Å²) in [6, 6.07) is 10.5. The first kappa shape index (κ1) is 13.0. The molecule has 3 nitrogen and oxygen atoms in total. The molecular weight excluding hydrogens is 290 g/mol. The van der Waals surface area contributed by atoms with Gasteiger partial charge in [-0.2, -0.15) is 0 Å². The van der Waals surface area contributed by atoms with E-state index in [-0.39, 0.29) is 6.04 Å². The van der Waals surface area contributed by atoms with E-state index in [2.05, 4.69) is 57.2 Å². The lowest BCUT2D eigenvalue weighted by atomic mass is 10.1. The van der Waals surface area contributed by atoms with Gasteiger partial charge in [-0.1, -0.05) is 35.0 Å². The molecule has 0 bridgehead atoms. The topological polar surface area (TPSA) is 37.8 Å². The van der Waals surface area contributed by atoms with Crippen LogP contribution in [0, 0.1) is 0 Å². The second-order valence-corrected chi connectivity index (χ2v) is 5.08. The summed E-state index contributed by atoms with van der Waals surface area (Å²) in [6.07, 6.45) is 2.53. The summed E-state index contributed by atoms with van der Waals surface area (Å²) in [5, 5.41) is 3.39. The lowest BCUT2D eigenvalue weighted by Crippen LogP contribution is -2.08. The minimum atomic E-state index is 0.210. The van der Waals surface area contributed by atoms with Crippen LogP contribution < -0.4 is 5.32 Å². The number of rotatable bonds is 4. The standard InChI is InChI=1S/C14H16BrN3/c1-3-13-8-14(17-9-16-13)18-10(2)11-5-4-6-12(15)7-11/h4-10H,3H2,1-2H3,(H,16,17,18). The van der Waals surface area contributed by atoms with Gasteiger partial charge in [0.15, 0.2) is 0 Å². The first-order valence-corrected chi connectivity index (χ1v) is 6.81. The first-order valence-electron chi connectivity index (χ1n) is 6.02. The van der Waals surface area contributed by atoms with Gasteiger partial charge in [-0.25, -0.2) is 9.97 Å². The fourth-order valence-corrected chi connectivity index (χ4v) is 2.17. The zero-order valence-electron chi connectivity index (χ0n) is 10.5. The first-order chi connectivity index (χ1) is 8.69. The van der Waals surface area contributed by atoms with Gasteiger partial charge in [0.2, 0.25) is 0 Å². The van der Waals surface area contributed by atoms with E-state index in [1.807, 2.05) is 18.2 Å². The Morgan fingerprint density at radius 3 is 2.83 bits per heavy atom. The lowest BCUT2D eigenvalue weighted by molar-refractivity contribution is 0.866. The highest BCUT2D eigenvalue weighted by molar-refractivity contribution is 9.10. The monoisotopic (exact) mass is 305 g/mol. The highest BCUT2D eigenvalue weighted by Crippen LogP contribution is 2.21. The van der Waals surface area contributed by atoms with Crippen molar-refractivity contribution >= 4 is 21.7 Å². The maximum atomic E-state index is 4.24. The van der Waals surface area contributed by atoms with Gasteiger partial charge in [0, 0.05) is 22.3 Å². The summed E-state index contributed by atoms with van der Waals surface area (Å²) >= 11 is 3.49. The van der Waals surface area contributed by atoms with Crippen molar-refractivity contribution in [3.05, 3.63) is 52.4 Å². The summed E-state index contributed by atoms with van der Waals surface area (Å²) in [5.74, 6) is 0.870. The molecule has 1 aromatic heterocycles. The van der Waals surface area contributed by atoms with E-state index >= 15 is 0 Å². The maximum absolute atomic E-state index is 4.24. The predicted octanol–water partition coefficient (Wildman–Crippen LogP) is 3.97. The van der Waals surface area contributed by atoms with Gasteiger partial charge >= 0.3 is 0 Å². The summed E-state index contributed by atoms with van der Waals surface area (Å²) in [6.45, 7) is 4.21. The fraction of sp³-hybridized carbons (Fsp3) is 0.286. The number of hydrogen-bond donors (Lipinski definition) is 1. The summed E-state index contributed by atoms with van der Waals surface area (Å²) < 4.78 is 1.09. The maximum Gasteiger partial charge on any atom is 0.130 e. The molecule has 2 aromatic rings. The third-order valence-electron chi connectivity index (χ3n) is 2.80. The van der Waals surface area contributed by atoms with Crippen LogP contribution in [0.15, 0.2) is 41.1 Å². The van der Waals surface area contributed by atoms with Crippen molar-refractivity contribution in [1.29, 1.82) is 0 Å². The number of aromatic nitrogens is 2. The normalized spacial score (nSPS) is 12.2. The quantitative estimate of drug-likeness (QED) is 0.928. The van der Waals surface area contributed by atoms with Crippen molar-refractivity contribution in [2.75, 3.05) is 5.32 Å². The van der Waals surface area contributed by atoms with Crippen LogP contribution in [0.5, 0.6) is 0 Å². The number of aryl methyl sites for hydroxylation is 1. The Kier molecular flexibility index (Phi) is 4.31. The van der Waals surface area contributed by atoms with Crippen molar-refractivity contribution in [1.82, 2.24) is 9.97 Å². The largest absolute Gasteiger partial charge is 0.363 e. The SMILES string of the molecule is CCc1cc(NC(C)c2cccc(Br)c2)ncn1. The molecule has 0 saturated heterocycles. The highest BCUT2D eigenvalue weighted by atomic mass is 79.9. The predicted molar refractivity (Wildman–Crippen MR) is 77.6 cm³/mol. The van der Waals surface area contributed by atoms with Crippen LogP contribution in [0.4, 0.5) is 5.82 Å². The Hall–Kier alpha value is -1.42. The third kappa shape index (κ3) is 3.29. The number of hydrogen-bond acceptors (Lipinski definition) is 3. The van der Waals surface area contributed by atoms with Gasteiger partial charge in [-0.05, 0) is 31.0 Å². The van der Waals surface area contributed by atoms with E-state index in [1.165, 1.54) is 5.56 Å². The zero-order chi connectivity index (χ0) is 13.0. The average molecular weight is 306 g/mol. The van der Waals surface area contributed by atoms with Crippen molar-refractivity contribution in [2.24, 2.45) is 0 Å². The number of anilines is 1. The summed E-state index contributed by atoms with van der Waals surface area (Å²) in [7, 11) is 0. The highest BCUT2D eigenvalue weighted by Gasteiger charge is 2.06. The molecule has 0 aliphatic rings. The molecule has 0 spiro atoms. The Morgan fingerprint density at radius 1 is 1.28 bits per heavy atom. The van der Waals surface area contributed by atoms with E-state index in [0.29, 0.717) is 0 Å². The molecule has 1 heterocycles. The van der Waals surface area contributed by atoms with Crippen LogP contribution in [0.3, 0.4) is 0 Å². The number of nitrogens with one attached hydrogen (secondary N) is 1. The number of halogens is 1. The van der Waals surface area contributed by atoms with Gasteiger partial charge in [0.1, 0.15) is 12.1 Å². The minimum Gasteiger partial charge on any atom is -0.363 e. The van der Waals surface area contributed by atoms with E-state index in [1.54, 1.807) is 6.33 Å². The molecule has 0 radical (unpaired) electrons. The Labute approximate surface area is 116 Å². The number of nitrogens with zero attached hydrogens (tertiary/aromatic N) is 2. The molecule has 0 saturated carbocycles. The van der Waals surface area contributed by atoms with Gasteiger partial charge in [-0.15, -0.1) is 0 Å². The van der Waals surface area contributed by atoms with Crippen LogP contribution in [-0.4, -0.2) is 9.97 Å². The molecule has 1 unspecified atom stereocenters. The molecule has 0 fully saturated rings. The van der Waals surface area contributed by atoms with E-state index < -0.39 is 0 Å². The Balaban J connectivity index is 2.13. The van der Waals surface area contributed by atoms with Crippen LogP contribution >= 0.6 is 15.9 Å². The average Bonchev–Trinajstić information content (AvgIpc) is 2.39. The van der Waals surface area contributed by atoms with E-state index in [9.17, 15) is 0 Å². The molecule has 18 heavy (non-hydrogen) atoms. The van der Waals surface area contributed by atoms with Crippen LogP contribution in [0.1, 0.15) is 31.1 Å². The van der Waals surface area contributed by atoms with E-state index in [0.717, 1.165) is 22.4 Å². The molecule has 94 valence electrons. The second-order valence-electron chi connectivity index (χ2n) is 4.17. The lowest BCUT2D eigenvalue weighted by Gasteiger charge is -2.15. The van der Waals surface area contributed by atoms with Crippen molar-refractivity contribution in [2.45, 2.75) is 26.3 Å². The molecule has 1 atom stereocenters. The van der Waals surface area contributed by atoms with Gasteiger partial charge in [0.05, 0.1) is 0 Å². The van der Waals surface area contributed by atoms with Crippen molar-refractivity contribution in [3.63, 3.8) is 0 Å². The van der Waals surface area contributed by atoms with Crippen LogP contribution in [0.2, 0.25) is 0 Å². The fourth-order valence-electron chi connectivity index (χ4n) is 1.75. The molecule has 0 aliphatic carbocycles. The Bertz CT molecular complexity index is 528. The molecular formula is C14H16BrN3. The van der Waals surface area contributed by atoms with E-state index in [4.69, 9.17) is 0 Å². The molecule has 2 rings (SSSR count). The molecule has 4 heteroatoms. The zero-order valence-corrected chi connectivity index (χ0v) is 12.1. The molecule has 1 N–H and O–H groups in total. The molecule has 0 amide bonds. The van der Waals surface area contributed by atoms with Gasteiger partial charge in [-0.3, -0.25) is 0 Å². The smallest absolute Gasteiger partial charge is 0.130 e. The summed E-state index contributed by atoms with van der Waals surface area (Å²) in [5.41, 5.74) is 2.27. The minimum absolute atomic E-state index is 0.210.